The minimum atomic E-state index is -0.620. The van der Waals surface area contributed by atoms with Gasteiger partial charge in [0.15, 0.2) is 0 Å². The molecule has 2 bridgehead atoms. The number of carboxylic acids is 1. The number of piperidine rings is 1. The second kappa shape index (κ2) is 5.04. The first-order chi connectivity index (χ1) is 8.74. The minimum absolute atomic E-state index is 0.376. The minimum Gasteiger partial charge on any atom is -0.481 e. The van der Waals surface area contributed by atoms with Gasteiger partial charge < -0.3 is 5.11 Å². The number of hydrogen-bond donors (Lipinski definition) is 1. The highest BCUT2D eigenvalue weighted by Crippen LogP contribution is 2.42. The van der Waals surface area contributed by atoms with Crippen molar-refractivity contribution in [3.05, 3.63) is 12.2 Å². The number of allylic oxidation sites excluding steroid dienone is 1. The highest BCUT2D eigenvalue weighted by Gasteiger charge is 2.43. The Labute approximate surface area is 109 Å². The molecular formula is C15H23NO2. The Morgan fingerprint density at radius 3 is 2.50 bits per heavy atom. The molecule has 1 aliphatic carbocycles. The van der Waals surface area contributed by atoms with Crippen molar-refractivity contribution in [3.63, 3.8) is 0 Å². The lowest BCUT2D eigenvalue weighted by molar-refractivity contribution is -0.138. The van der Waals surface area contributed by atoms with Crippen molar-refractivity contribution >= 4 is 5.97 Å². The van der Waals surface area contributed by atoms with Gasteiger partial charge in [0.2, 0.25) is 0 Å². The van der Waals surface area contributed by atoms with Gasteiger partial charge in [-0.3, -0.25) is 9.69 Å². The largest absolute Gasteiger partial charge is 0.481 e. The zero-order valence-corrected chi connectivity index (χ0v) is 10.9. The lowest BCUT2D eigenvalue weighted by Crippen LogP contribution is -2.48. The summed E-state index contributed by atoms with van der Waals surface area (Å²) in [6, 6.07) is 1.95. The van der Waals surface area contributed by atoms with E-state index in [-0.39, 0.29) is 0 Å². The van der Waals surface area contributed by atoms with Gasteiger partial charge >= 0.3 is 5.97 Å². The van der Waals surface area contributed by atoms with Crippen LogP contribution in [0.25, 0.3) is 0 Å². The van der Waals surface area contributed by atoms with Crippen molar-refractivity contribution in [1.82, 2.24) is 4.90 Å². The van der Waals surface area contributed by atoms with Crippen molar-refractivity contribution in [2.75, 3.05) is 0 Å². The number of fused-ring (bicyclic) bond motifs is 2. The van der Waals surface area contributed by atoms with E-state index >= 15 is 0 Å². The summed E-state index contributed by atoms with van der Waals surface area (Å²) in [4.78, 5) is 13.6. The predicted molar refractivity (Wildman–Crippen MR) is 70.4 cm³/mol. The summed E-state index contributed by atoms with van der Waals surface area (Å²) in [5.41, 5.74) is 0. The molecule has 3 aliphatic rings. The molecule has 3 nitrogen and oxygen atoms in total. The molecule has 2 heterocycles. The Bertz CT molecular complexity index is 338. The van der Waals surface area contributed by atoms with Gasteiger partial charge in [0.1, 0.15) is 0 Å². The van der Waals surface area contributed by atoms with Gasteiger partial charge in [-0.1, -0.05) is 12.2 Å². The van der Waals surface area contributed by atoms with Gasteiger partial charge in [0.05, 0.1) is 0 Å². The van der Waals surface area contributed by atoms with E-state index in [2.05, 4.69) is 17.1 Å². The molecule has 2 fully saturated rings. The summed E-state index contributed by atoms with van der Waals surface area (Å²) in [5.74, 6) is -0.200. The van der Waals surface area contributed by atoms with E-state index < -0.39 is 5.97 Å². The number of carbonyl (C=O) groups is 1. The van der Waals surface area contributed by atoms with E-state index in [4.69, 9.17) is 5.11 Å². The SMILES string of the molecule is O=C(O)CC1CC2CCC(C1)N2C1C=CCCC1. The second-order valence-electron chi connectivity index (χ2n) is 6.19. The molecule has 3 heteroatoms. The molecule has 0 aromatic heterocycles. The molecule has 0 aromatic rings. The highest BCUT2D eigenvalue weighted by molar-refractivity contribution is 5.67. The van der Waals surface area contributed by atoms with Crippen LogP contribution in [-0.2, 0) is 4.79 Å². The monoisotopic (exact) mass is 249 g/mol. The molecule has 1 N–H and O–H groups in total. The van der Waals surface area contributed by atoms with E-state index in [9.17, 15) is 4.79 Å². The lowest BCUT2D eigenvalue weighted by atomic mass is 9.86. The summed E-state index contributed by atoms with van der Waals surface area (Å²) in [6.45, 7) is 0. The molecule has 3 atom stereocenters. The van der Waals surface area contributed by atoms with Crippen molar-refractivity contribution in [2.45, 2.75) is 69.5 Å². The van der Waals surface area contributed by atoms with Crippen LogP contribution in [0.15, 0.2) is 12.2 Å². The third kappa shape index (κ3) is 2.33. The van der Waals surface area contributed by atoms with Gasteiger partial charge in [-0.25, -0.2) is 0 Å². The summed E-state index contributed by atoms with van der Waals surface area (Å²) >= 11 is 0. The molecule has 0 radical (unpaired) electrons. The Morgan fingerprint density at radius 1 is 1.22 bits per heavy atom. The van der Waals surface area contributed by atoms with Crippen LogP contribution >= 0.6 is 0 Å². The van der Waals surface area contributed by atoms with Gasteiger partial charge in [0.25, 0.3) is 0 Å². The normalized spacial score (nSPS) is 40.0. The molecule has 0 amide bonds. The summed E-state index contributed by atoms with van der Waals surface area (Å²) in [7, 11) is 0. The van der Waals surface area contributed by atoms with Crippen LogP contribution in [-0.4, -0.2) is 34.1 Å². The van der Waals surface area contributed by atoms with Gasteiger partial charge in [-0.05, 0) is 50.9 Å². The zero-order chi connectivity index (χ0) is 12.5. The molecule has 100 valence electrons. The average molecular weight is 249 g/mol. The van der Waals surface area contributed by atoms with Crippen LogP contribution in [0.3, 0.4) is 0 Å². The Hall–Kier alpha value is -0.830. The third-order valence-corrected chi connectivity index (χ3v) is 4.96. The Balaban J connectivity index is 1.67. The van der Waals surface area contributed by atoms with Crippen LogP contribution in [0, 0.1) is 5.92 Å². The number of hydrogen-bond acceptors (Lipinski definition) is 2. The van der Waals surface area contributed by atoms with Gasteiger partial charge in [-0.2, -0.15) is 0 Å². The first kappa shape index (κ1) is 12.2. The fourth-order valence-corrected chi connectivity index (χ4v) is 4.32. The number of rotatable bonds is 3. The molecular weight excluding hydrogens is 226 g/mol. The fourth-order valence-electron chi connectivity index (χ4n) is 4.32. The summed E-state index contributed by atoms with van der Waals surface area (Å²) in [5, 5.41) is 8.95. The van der Waals surface area contributed by atoms with Crippen molar-refractivity contribution in [1.29, 1.82) is 0 Å². The average Bonchev–Trinajstić information content (AvgIpc) is 2.62. The summed E-state index contributed by atoms with van der Waals surface area (Å²) < 4.78 is 0. The standard InChI is InChI=1S/C15H23NO2/c17-15(18)10-11-8-13-6-7-14(9-11)16(13)12-4-2-1-3-5-12/h2,4,11-14H,1,3,5-10H2,(H,17,18). The number of aliphatic carboxylic acids is 1. The molecule has 0 spiro atoms. The second-order valence-corrected chi connectivity index (χ2v) is 6.19. The molecule has 0 saturated carbocycles. The molecule has 3 unspecified atom stereocenters. The van der Waals surface area contributed by atoms with Crippen LogP contribution in [0.4, 0.5) is 0 Å². The lowest BCUT2D eigenvalue weighted by Gasteiger charge is -2.43. The van der Waals surface area contributed by atoms with Crippen LogP contribution in [0.2, 0.25) is 0 Å². The fraction of sp³-hybridized carbons (Fsp3) is 0.800. The van der Waals surface area contributed by atoms with Crippen LogP contribution < -0.4 is 0 Å². The van der Waals surface area contributed by atoms with E-state index in [1.807, 2.05) is 0 Å². The number of nitrogens with zero attached hydrogens (tertiary/aromatic N) is 1. The molecule has 0 aromatic carbocycles. The number of carboxylic acid groups (broad SMARTS) is 1. The molecule has 2 saturated heterocycles. The van der Waals surface area contributed by atoms with Crippen molar-refractivity contribution in [2.24, 2.45) is 5.92 Å². The van der Waals surface area contributed by atoms with Gasteiger partial charge in [0, 0.05) is 24.5 Å². The summed E-state index contributed by atoms with van der Waals surface area (Å²) in [6.07, 6.45) is 13.7. The third-order valence-electron chi connectivity index (χ3n) is 4.96. The van der Waals surface area contributed by atoms with E-state index in [1.165, 1.54) is 32.1 Å². The first-order valence-electron chi connectivity index (χ1n) is 7.40. The maximum atomic E-state index is 10.9. The zero-order valence-electron chi connectivity index (χ0n) is 10.9. The van der Waals surface area contributed by atoms with E-state index in [0.29, 0.717) is 30.5 Å². The highest BCUT2D eigenvalue weighted by atomic mass is 16.4. The quantitative estimate of drug-likeness (QED) is 0.782. The Morgan fingerprint density at radius 2 is 1.94 bits per heavy atom. The van der Waals surface area contributed by atoms with Crippen molar-refractivity contribution in [3.8, 4) is 0 Å². The van der Waals surface area contributed by atoms with E-state index in [1.54, 1.807) is 0 Å². The maximum absolute atomic E-state index is 10.9. The molecule has 18 heavy (non-hydrogen) atoms. The van der Waals surface area contributed by atoms with Crippen LogP contribution in [0.1, 0.15) is 51.4 Å². The molecule has 3 rings (SSSR count). The molecule has 2 aliphatic heterocycles. The van der Waals surface area contributed by atoms with Gasteiger partial charge in [-0.15, -0.1) is 0 Å². The smallest absolute Gasteiger partial charge is 0.303 e. The Kier molecular flexibility index (Phi) is 3.42. The van der Waals surface area contributed by atoms with Crippen LogP contribution in [0.5, 0.6) is 0 Å². The first-order valence-corrected chi connectivity index (χ1v) is 7.40. The predicted octanol–water partition coefficient (Wildman–Crippen LogP) is 2.81. The topological polar surface area (TPSA) is 40.5 Å². The van der Waals surface area contributed by atoms with E-state index in [0.717, 1.165) is 12.8 Å². The maximum Gasteiger partial charge on any atom is 0.303 e. The van der Waals surface area contributed by atoms with Crippen molar-refractivity contribution < 1.29 is 9.90 Å².